The number of benzene rings is 2. The lowest BCUT2D eigenvalue weighted by molar-refractivity contribution is -0.124. The number of alkyl carbamates (subject to hydrolysis) is 1. The molecule has 49 heavy (non-hydrogen) atoms. The number of thiazole rings is 2. The number of amides is 3. The molecule has 4 atom stereocenters. The average Bonchev–Trinajstić information content (AvgIpc) is 3.78. The maximum absolute atomic E-state index is 13.8. The Kier molecular flexibility index (Phi) is 14.7. The molecule has 2 aromatic carbocycles. The number of nitrogens with zero attached hydrogens (tertiary/aromatic N) is 3. The van der Waals surface area contributed by atoms with E-state index in [9.17, 15) is 19.5 Å². The summed E-state index contributed by atoms with van der Waals surface area (Å²) in [6.07, 6.45) is 2.66. The van der Waals surface area contributed by atoms with Crippen molar-refractivity contribution in [1.82, 2.24) is 25.5 Å². The number of carbonyl (C=O) groups excluding carboxylic acids is 3. The van der Waals surface area contributed by atoms with Gasteiger partial charge in [0.05, 0.1) is 33.7 Å². The van der Waals surface area contributed by atoms with E-state index in [1.54, 1.807) is 30.1 Å². The molecule has 3 N–H and O–H groups in total. The molecule has 0 aliphatic rings. The summed E-state index contributed by atoms with van der Waals surface area (Å²) in [6, 6.07) is 18.1. The quantitative estimate of drug-likeness (QED) is 0.104. The van der Waals surface area contributed by atoms with E-state index in [-0.39, 0.29) is 37.3 Å². The van der Waals surface area contributed by atoms with Crippen molar-refractivity contribution >= 4 is 40.6 Å². The standard InChI is InChI=1S/C37H47N5O5S2/c1-25(2)35-39-31(23-48-35)21-42(4)36(45)41-34(26(3)43)33(44)19-29(17-27-11-7-5-8-12-27)15-16-30(18-28-13-9-6-10-14-28)40-37(46)47-22-32-20-38-24-49-32/h5-14,20,23-26,29-30,34,43H,15-19,21-22H2,1-4H3,(H,40,46)(H,41,45)/t26?,29-,30-,34+/m1/s1. The van der Waals surface area contributed by atoms with Crippen LogP contribution in [-0.2, 0) is 35.5 Å². The van der Waals surface area contributed by atoms with Gasteiger partial charge in [0.2, 0.25) is 0 Å². The van der Waals surface area contributed by atoms with Crippen LogP contribution in [0.5, 0.6) is 0 Å². The first-order chi connectivity index (χ1) is 23.6. The highest BCUT2D eigenvalue weighted by Crippen LogP contribution is 2.23. The average molecular weight is 706 g/mol. The maximum Gasteiger partial charge on any atom is 0.407 e. The summed E-state index contributed by atoms with van der Waals surface area (Å²) < 4.78 is 5.48. The molecule has 2 aromatic heterocycles. The van der Waals surface area contributed by atoms with Gasteiger partial charge in [0, 0.05) is 37.0 Å². The van der Waals surface area contributed by atoms with Crippen molar-refractivity contribution in [2.45, 2.75) is 90.1 Å². The van der Waals surface area contributed by atoms with Crippen LogP contribution < -0.4 is 10.6 Å². The largest absolute Gasteiger partial charge is 0.444 e. The highest BCUT2D eigenvalue weighted by molar-refractivity contribution is 7.09. The van der Waals surface area contributed by atoms with Gasteiger partial charge in [-0.05, 0) is 49.7 Å². The Morgan fingerprint density at radius 1 is 0.918 bits per heavy atom. The zero-order valence-corrected chi connectivity index (χ0v) is 30.2. The summed E-state index contributed by atoms with van der Waals surface area (Å²) in [5.74, 6) is -0.0557. The Morgan fingerprint density at radius 2 is 1.59 bits per heavy atom. The number of ether oxygens (including phenoxy) is 1. The summed E-state index contributed by atoms with van der Waals surface area (Å²) in [6.45, 7) is 6.09. The number of carbonyl (C=O) groups is 3. The summed E-state index contributed by atoms with van der Waals surface area (Å²) in [5, 5.41) is 19.4. The van der Waals surface area contributed by atoms with Crippen LogP contribution in [0.3, 0.4) is 0 Å². The Morgan fingerprint density at radius 3 is 2.18 bits per heavy atom. The molecule has 10 nitrogen and oxygen atoms in total. The SMILES string of the molecule is CC(C)c1nc(CN(C)C(=O)N[C@H](C(=O)C[C@H](CC[C@H](Cc2ccccc2)NC(=O)OCc2cncs2)Cc2ccccc2)C(C)O)cs1. The number of Topliss-reactive ketones (excluding diaryl/α,β-unsaturated/α-hetero) is 1. The Bertz CT molecular complexity index is 1580. The van der Waals surface area contributed by atoms with Crippen molar-refractivity contribution in [3.63, 3.8) is 0 Å². The van der Waals surface area contributed by atoms with Gasteiger partial charge in [-0.2, -0.15) is 0 Å². The zero-order valence-electron chi connectivity index (χ0n) is 28.6. The van der Waals surface area contributed by atoms with E-state index >= 15 is 0 Å². The fourth-order valence-electron chi connectivity index (χ4n) is 5.54. The summed E-state index contributed by atoms with van der Waals surface area (Å²) in [7, 11) is 1.65. The Labute approximate surface area is 297 Å². The van der Waals surface area contributed by atoms with Crippen LogP contribution in [0, 0.1) is 5.92 Å². The molecular formula is C37H47N5O5S2. The fraction of sp³-hybridized carbons (Fsp3) is 0.432. The van der Waals surface area contributed by atoms with E-state index in [1.807, 2.05) is 66.0 Å². The number of aromatic nitrogens is 2. The van der Waals surface area contributed by atoms with E-state index in [0.29, 0.717) is 31.6 Å². The van der Waals surface area contributed by atoms with Crippen molar-refractivity contribution in [2.24, 2.45) is 5.92 Å². The number of aliphatic hydroxyl groups is 1. The van der Waals surface area contributed by atoms with Crippen LogP contribution in [0.1, 0.15) is 72.7 Å². The molecule has 0 aliphatic carbocycles. The second-order valence-electron chi connectivity index (χ2n) is 12.7. The number of ketones is 1. The molecule has 0 aliphatic heterocycles. The van der Waals surface area contributed by atoms with E-state index in [0.717, 1.165) is 26.7 Å². The molecular weight excluding hydrogens is 659 g/mol. The van der Waals surface area contributed by atoms with Crippen LogP contribution in [0.2, 0.25) is 0 Å². The highest BCUT2D eigenvalue weighted by atomic mass is 32.1. The molecule has 0 saturated carbocycles. The predicted molar refractivity (Wildman–Crippen MR) is 194 cm³/mol. The van der Waals surface area contributed by atoms with Crippen molar-refractivity contribution in [3.05, 3.63) is 104 Å². The molecule has 0 saturated heterocycles. The molecule has 0 bridgehead atoms. The number of nitrogens with one attached hydrogen (secondary N) is 2. The van der Waals surface area contributed by atoms with Crippen molar-refractivity contribution in [1.29, 1.82) is 0 Å². The monoisotopic (exact) mass is 705 g/mol. The van der Waals surface area contributed by atoms with Gasteiger partial charge in [0.15, 0.2) is 5.78 Å². The topological polar surface area (TPSA) is 134 Å². The van der Waals surface area contributed by atoms with E-state index in [4.69, 9.17) is 4.74 Å². The van der Waals surface area contributed by atoms with Gasteiger partial charge in [-0.25, -0.2) is 14.6 Å². The normalized spacial score (nSPS) is 13.7. The van der Waals surface area contributed by atoms with Crippen molar-refractivity contribution < 1.29 is 24.2 Å². The van der Waals surface area contributed by atoms with Gasteiger partial charge in [-0.1, -0.05) is 74.5 Å². The Hall–Kier alpha value is -4.13. The second kappa shape index (κ2) is 19.2. The lowest BCUT2D eigenvalue weighted by atomic mass is 9.86. The molecule has 262 valence electrons. The lowest BCUT2D eigenvalue weighted by Crippen LogP contribution is -2.51. The van der Waals surface area contributed by atoms with E-state index < -0.39 is 24.3 Å². The van der Waals surface area contributed by atoms with Crippen molar-refractivity contribution in [2.75, 3.05) is 7.05 Å². The minimum Gasteiger partial charge on any atom is -0.444 e. The Balaban J connectivity index is 1.43. The van der Waals surface area contributed by atoms with Gasteiger partial charge in [-0.15, -0.1) is 22.7 Å². The van der Waals surface area contributed by atoms with Gasteiger partial charge in [0.1, 0.15) is 12.6 Å². The van der Waals surface area contributed by atoms with Crippen LogP contribution in [-0.4, -0.2) is 63.1 Å². The minimum atomic E-state index is -1.09. The molecule has 4 aromatic rings. The summed E-state index contributed by atoms with van der Waals surface area (Å²) >= 11 is 2.98. The predicted octanol–water partition coefficient (Wildman–Crippen LogP) is 6.75. The molecule has 4 rings (SSSR count). The molecule has 0 fully saturated rings. The fourth-order valence-corrected chi connectivity index (χ4v) is 6.87. The zero-order chi connectivity index (χ0) is 35.2. The number of hydrogen-bond donors (Lipinski definition) is 3. The first-order valence-corrected chi connectivity index (χ1v) is 18.4. The second-order valence-corrected chi connectivity index (χ2v) is 14.6. The smallest absolute Gasteiger partial charge is 0.407 e. The highest BCUT2D eigenvalue weighted by Gasteiger charge is 2.29. The first kappa shape index (κ1) is 37.7. The van der Waals surface area contributed by atoms with Crippen LogP contribution in [0.25, 0.3) is 0 Å². The van der Waals surface area contributed by atoms with Gasteiger partial charge < -0.3 is 25.4 Å². The molecule has 0 radical (unpaired) electrons. The van der Waals surface area contributed by atoms with Gasteiger partial charge in [0.25, 0.3) is 0 Å². The molecule has 0 spiro atoms. The lowest BCUT2D eigenvalue weighted by Gasteiger charge is -2.27. The van der Waals surface area contributed by atoms with E-state index in [2.05, 4.69) is 34.4 Å². The third-order valence-corrected chi connectivity index (χ3v) is 10.1. The minimum absolute atomic E-state index is 0.108. The van der Waals surface area contributed by atoms with Gasteiger partial charge in [-0.3, -0.25) is 9.78 Å². The van der Waals surface area contributed by atoms with Crippen LogP contribution in [0.15, 0.2) is 77.8 Å². The number of rotatable bonds is 18. The van der Waals surface area contributed by atoms with E-state index in [1.165, 1.54) is 23.2 Å². The number of aliphatic hydroxyl groups excluding tert-OH is 1. The molecule has 1 unspecified atom stereocenters. The van der Waals surface area contributed by atoms with Crippen LogP contribution in [0.4, 0.5) is 9.59 Å². The third-order valence-electron chi connectivity index (χ3n) is 8.17. The number of urea groups is 1. The molecule has 2 heterocycles. The first-order valence-electron chi connectivity index (χ1n) is 16.6. The number of hydrogen-bond acceptors (Lipinski definition) is 9. The van der Waals surface area contributed by atoms with Crippen LogP contribution >= 0.6 is 22.7 Å². The third kappa shape index (κ3) is 12.7. The van der Waals surface area contributed by atoms with Crippen molar-refractivity contribution in [3.8, 4) is 0 Å². The molecule has 3 amide bonds. The maximum atomic E-state index is 13.8. The van der Waals surface area contributed by atoms with Gasteiger partial charge >= 0.3 is 12.1 Å². The summed E-state index contributed by atoms with van der Waals surface area (Å²) in [5.41, 5.74) is 4.63. The summed E-state index contributed by atoms with van der Waals surface area (Å²) in [4.78, 5) is 50.8. The molecule has 12 heteroatoms.